The molecule has 1 aliphatic rings. The Labute approximate surface area is 259 Å². The van der Waals surface area contributed by atoms with Crippen LogP contribution >= 0.6 is 7.82 Å². The Morgan fingerprint density at radius 1 is 0.867 bits per heavy atom. The molecule has 1 fully saturated rings. The van der Waals surface area contributed by atoms with Gasteiger partial charge in [-0.2, -0.15) is 0 Å². The molecule has 0 radical (unpaired) electrons. The number of aliphatic carboxylic acids is 1. The molecule has 20 heteroatoms. The Bertz CT molecular complexity index is 1130. The first-order chi connectivity index (χ1) is 20.7. The predicted octanol–water partition coefficient (Wildman–Crippen LogP) is -3.73. The van der Waals surface area contributed by atoms with Crippen molar-refractivity contribution in [2.45, 2.75) is 102 Å². The molecule has 0 spiro atoms. The molecule has 1 rings (SSSR count). The maximum atomic E-state index is 13.2. The van der Waals surface area contributed by atoms with Gasteiger partial charge in [0.2, 0.25) is 29.5 Å². The van der Waals surface area contributed by atoms with Crippen LogP contribution in [0.2, 0.25) is 0 Å². The van der Waals surface area contributed by atoms with Crippen LogP contribution in [0.1, 0.15) is 53.9 Å². The summed E-state index contributed by atoms with van der Waals surface area (Å²) in [7, 11) is -5.17. The summed E-state index contributed by atoms with van der Waals surface area (Å²) in [5.41, 5.74) is 5.64. The van der Waals surface area contributed by atoms with Crippen LogP contribution in [0.3, 0.4) is 0 Å². The van der Waals surface area contributed by atoms with E-state index >= 15 is 0 Å². The minimum atomic E-state index is -5.17. The van der Waals surface area contributed by atoms with Gasteiger partial charge in [-0.25, -0.2) is 9.36 Å². The van der Waals surface area contributed by atoms with Crippen LogP contribution in [0.5, 0.6) is 0 Å². The topological polar surface area (TPSA) is 307 Å². The number of carbonyl (C=O) groups excluding carboxylic acids is 5. The molecule has 0 saturated carbocycles. The molecule has 0 bridgehead atoms. The van der Waals surface area contributed by atoms with Crippen LogP contribution in [0.15, 0.2) is 0 Å². The second-order valence-electron chi connectivity index (χ2n) is 11.3. The molecule has 1 saturated heterocycles. The molecule has 0 unspecified atom stereocenters. The normalized spacial score (nSPS) is 19.8. The van der Waals surface area contributed by atoms with Gasteiger partial charge in [-0.3, -0.25) is 28.5 Å². The third kappa shape index (κ3) is 13.0. The number of carboxylic acids is 1. The van der Waals surface area contributed by atoms with Gasteiger partial charge in [0.25, 0.3) is 0 Å². The third-order valence-electron chi connectivity index (χ3n) is 6.72. The Balaban J connectivity index is 3.16. The van der Waals surface area contributed by atoms with Crippen LogP contribution in [0, 0.1) is 5.92 Å². The molecule has 45 heavy (non-hydrogen) atoms. The highest BCUT2D eigenvalue weighted by Crippen LogP contribution is 2.35. The molecule has 0 aromatic carbocycles. The number of amides is 5. The standard InChI is InChI=1S/C25H45N6O13P/c1-11(2)9-15(25(39)40)27-22(36)18(13(4)32)30-23(37)19(14(5)33)29-20(34)16(10-44-45(41,42)43)28-21(35)17-7-6-8-31(17)24(38)12(3)26/h11-19,32-33H,6-10,26H2,1-5H3,(H,27,36)(H,28,35)(H,29,34)(H,30,37)(H,39,40)(H2,41,42,43)/t12-,13+,14+,15-,16-,17-,18-,19-/m0/s1. The van der Waals surface area contributed by atoms with E-state index in [0.717, 1.165) is 13.8 Å². The summed E-state index contributed by atoms with van der Waals surface area (Å²) < 4.78 is 15.7. The number of nitrogens with one attached hydrogen (secondary N) is 4. The molecule has 5 amide bonds. The van der Waals surface area contributed by atoms with Crippen molar-refractivity contribution < 1.29 is 63.0 Å². The average molecular weight is 669 g/mol. The van der Waals surface area contributed by atoms with E-state index in [1.54, 1.807) is 13.8 Å². The number of phosphoric ester groups is 1. The zero-order valence-corrected chi connectivity index (χ0v) is 26.6. The minimum absolute atomic E-state index is 0.0374. The lowest BCUT2D eigenvalue weighted by Crippen LogP contribution is -2.63. The Kier molecular flexibility index (Phi) is 15.5. The summed E-state index contributed by atoms with van der Waals surface area (Å²) in [6.07, 6.45) is -2.56. The molecule has 1 aliphatic heterocycles. The summed E-state index contributed by atoms with van der Waals surface area (Å²) in [5, 5.41) is 38.6. The fraction of sp³-hybridized carbons (Fsp3) is 0.760. The average Bonchev–Trinajstić information content (AvgIpc) is 3.40. The molecule has 1 heterocycles. The SMILES string of the molecule is CC(C)C[C@H](NC(=O)[C@@H](NC(=O)[C@@H](NC(=O)[C@H](COP(=O)(O)O)NC(=O)[C@@H]1CCCN1C(=O)[C@H](C)N)[C@@H](C)O)[C@@H](C)O)C(=O)O. The maximum Gasteiger partial charge on any atom is 0.469 e. The zero-order chi connectivity index (χ0) is 34.8. The van der Waals surface area contributed by atoms with Gasteiger partial charge in [0.15, 0.2) is 0 Å². The van der Waals surface area contributed by atoms with E-state index in [1.807, 2.05) is 0 Å². The van der Waals surface area contributed by atoms with E-state index in [2.05, 4.69) is 25.8 Å². The van der Waals surface area contributed by atoms with Crippen LogP contribution in [0.4, 0.5) is 0 Å². The van der Waals surface area contributed by atoms with Crippen LogP contribution in [0.25, 0.3) is 0 Å². The number of carboxylic acid groups (broad SMARTS) is 1. The lowest BCUT2D eigenvalue weighted by Gasteiger charge is -2.29. The summed E-state index contributed by atoms with van der Waals surface area (Å²) in [5.74, 6) is -6.43. The number of likely N-dealkylation sites (tertiary alicyclic amines) is 1. The second-order valence-corrected chi connectivity index (χ2v) is 12.5. The van der Waals surface area contributed by atoms with Crippen molar-refractivity contribution in [3.05, 3.63) is 0 Å². The maximum absolute atomic E-state index is 13.2. The predicted molar refractivity (Wildman–Crippen MR) is 155 cm³/mol. The zero-order valence-electron chi connectivity index (χ0n) is 25.7. The molecule has 8 atom stereocenters. The van der Waals surface area contributed by atoms with Crippen LogP contribution in [-0.2, 0) is 37.9 Å². The van der Waals surface area contributed by atoms with E-state index in [4.69, 9.17) is 15.5 Å². The van der Waals surface area contributed by atoms with Crippen molar-refractivity contribution in [1.29, 1.82) is 0 Å². The van der Waals surface area contributed by atoms with Crippen LogP contribution in [-0.4, -0.2) is 127 Å². The van der Waals surface area contributed by atoms with E-state index in [0.29, 0.717) is 6.42 Å². The quantitative estimate of drug-likeness (QED) is 0.0667. The van der Waals surface area contributed by atoms with Gasteiger partial charge >= 0.3 is 13.8 Å². The summed E-state index contributed by atoms with van der Waals surface area (Å²) >= 11 is 0. The first-order valence-corrected chi connectivity index (χ1v) is 15.8. The number of phosphoric acid groups is 1. The summed E-state index contributed by atoms with van der Waals surface area (Å²) in [6.45, 7) is 6.18. The number of hydrogen-bond donors (Lipinski definition) is 10. The smallest absolute Gasteiger partial charge is 0.469 e. The van der Waals surface area contributed by atoms with Crippen molar-refractivity contribution in [2.75, 3.05) is 13.2 Å². The first kappa shape index (κ1) is 39.8. The van der Waals surface area contributed by atoms with Gasteiger partial charge in [0.1, 0.15) is 30.2 Å². The van der Waals surface area contributed by atoms with E-state index in [-0.39, 0.29) is 25.3 Å². The summed E-state index contributed by atoms with van der Waals surface area (Å²) in [4.78, 5) is 95.6. The number of nitrogens with zero attached hydrogens (tertiary/aromatic N) is 1. The fourth-order valence-electron chi connectivity index (χ4n) is 4.45. The van der Waals surface area contributed by atoms with Gasteiger partial charge in [0.05, 0.1) is 24.9 Å². The number of nitrogens with two attached hydrogens (primary N) is 1. The highest BCUT2D eigenvalue weighted by molar-refractivity contribution is 7.46. The van der Waals surface area contributed by atoms with Gasteiger partial charge in [-0.15, -0.1) is 0 Å². The Morgan fingerprint density at radius 2 is 1.38 bits per heavy atom. The Hall–Kier alpha value is -3.19. The van der Waals surface area contributed by atoms with E-state index in [9.17, 15) is 48.7 Å². The highest BCUT2D eigenvalue weighted by atomic mass is 31.2. The lowest BCUT2D eigenvalue weighted by atomic mass is 10.0. The van der Waals surface area contributed by atoms with E-state index < -0.39 is 98.4 Å². The number of hydrogen-bond acceptors (Lipinski definition) is 11. The Morgan fingerprint density at radius 3 is 1.82 bits per heavy atom. The highest BCUT2D eigenvalue weighted by Gasteiger charge is 2.39. The van der Waals surface area contributed by atoms with Gasteiger partial charge in [0, 0.05) is 6.54 Å². The monoisotopic (exact) mass is 668 g/mol. The van der Waals surface area contributed by atoms with Crippen LogP contribution < -0.4 is 27.0 Å². The molecule has 19 nitrogen and oxygen atoms in total. The third-order valence-corrected chi connectivity index (χ3v) is 7.20. The molecule has 258 valence electrons. The molecule has 0 aromatic heterocycles. The summed E-state index contributed by atoms with van der Waals surface area (Å²) in [6, 6.07) is -8.78. The molecule has 0 aliphatic carbocycles. The van der Waals surface area contributed by atoms with Crippen molar-refractivity contribution in [1.82, 2.24) is 26.2 Å². The van der Waals surface area contributed by atoms with Crippen molar-refractivity contribution in [3.8, 4) is 0 Å². The fourth-order valence-corrected chi connectivity index (χ4v) is 4.79. The number of rotatable bonds is 17. The number of carbonyl (C=O) groups is 6. The first-order valence-electron chi connectivity index (χ1n) is 14.2. The minimum Gasteiger partial charge on any atom is -0.480 e. The van der Waals surface area contributed by atoms with Gasteiger partial charge in [-0.1, -0.05) is 13.8 Å². The van der Waals surface area contributed by atoms with Crippen molar-refractivity contribution in [2.24, 2.45) is 11.7 Å². The molecule has 11 N–H and O–H groups in total. The van der Waals surface area contributed by atoms with Gasteiger partial charge in [-0.05, 0) is 46.0 Å². The molecular weight excluding hydrogens is 623 g/mol. The van der Waals surface area contributed by atoms with Crippen molar-refractivity contribution >= 4 is 43.3 Å². The second kappa shape index (κ2) is 17.5. The van der Waals surface area contributed by atoms with Crippen molar-refractivity contribution in [3.63, 3.8) is 0 Å². The van der Waals surface area contributed by atoms with Gasteiger partial charge < -0.3 is 57.0 Å². The number of aliphatic hydroxyl groups is 2. The molecule has 0 aromatic rings. The van der Waals surface area contributed by atoms with E-state index in [1.165, 1.54) is 11.8 Å². The lowest BCUT2D eigenvalue weighted by molar-refractivity contribution is -0.143. The largest absolute Gasteiger partial charge is 0.480 e. The number of aliphatic hydroxyl groups excluding tert-OH is 2. The molecular formula is C25H45N6O13P.